The molecule has 0 aliphatic carbocycles. The van der Waals surface area contributed by atoms with Gasteiger partial charge in [-0.2, -0.15) is 0 Å². The van der Waals surface area contributed by atoms with Crippen LogP contribution in [-0.4, -0.2) is 73.9 Å². The van der Waals surface area contributed by atoms with Gasteiger partial charge in [0, 0.05) is 31.7 Å². The maximum atomic E-state index is 12.1. The lowest BCUT2D eigenvalue weighted by atomic mass is 10.1. The monoisotopic (exact) mass is 275 g/mol. The highest BCUT2D eigenvalue weighted by Crippen LogP contribution is 2.18. The molecule has 104 valence electrons. The van der Waals surface area contributed by atoms with E-state index in [9.17, 15) is 13.2 Å². The van der Waals surface area contributed by atoms with E-state index in [0.29, 0.717) is 19.5 Å². The lowest BCUT2D eigenvalue weighted by Crippen LogP contribution is -2.58. The van der Waals surface area contributed by atoms with Gasteiger partial charge in [0.25, 0.3) is 0 Å². The Kier molecular flexibility index (Phi) is 3.93. The first-order valence-corrected chi connectivity index (χ1v) is 8.21. The maximum absolute atomic E-state index is 12.1. The zero-order valence-electron chi connectivity index (χ0n) is 10.7. The quantitative estimate of drug-likeness (QED) is 0.687. The highest BCUT2D eigenvalue weighted by molar-refractivity contribution is 7.91. The van der Waals surface area contributed by atoms with Gasteiger partial charge < -0.3 is 10.6 Å². The summed E-state index contributed by atoms with van der Waals surface area (Å²) in [5, 5.41) is 0. The maximum Gasteiger partial charge on any atom is 0.237 e. The molecule has 2 aliphatic heterocycles. The average Bonchev–Trinajstić information content (AvgIpc) is 2.58. The minimum Gasteiger partial charge on any atom is -0.338 e. The van der Waals surface area contributed by atoms with Crippen molar-refractivity contribution in [3.05, 3.63) is 0 Å². The third kappa shape index (κ3) is 3.02. The Bertz CT molecular complexity index is 417. The molecule has 0 aromatic rings. The molecule has 2 aliphatic rings. The molecule has 0 radical (unpaired) electrons. The molecule has 6 nitrogen and oxygen atoms in total. The zero-order chi connectivity index (χ0) is 13.3. The topological polar surface area (TPSA) is 83.7 Å². The predicted octanol–water partition coefficient (Wildman–Crippen LogP) is -1.34. The average molecular weight is 275 g/mol. The standard InChI is InChI=1S/C11H21N3O3S/c1-2-14(10-3-4-18(16,17)8-10)11(15)7-13-5-9(12)6-13/h9-10H,2-8,12H2,1H3. The van der Waals surface area contributed by atoms with Crippen molar-refractivity contribution in [2.24, 2.45) is 5.73 Å². The van der Waals surface area contributed by atoms with Gasteiger partial charge in [-0.15, -0.1) is 0 Å². The first kappa shape index (κ1) is 13.8. The fourth-order valence-corrected chi connectivity index (χ4v) is 4.41. The number of likely N-dealkylation sites (tertiary alicyclic amines) is 1. The first-order chi connectivity index (χ1) is 8.41. The molecule has 0 aromatic heterocycles. The van der Waals surface area contributed by atoms with Crippen LogP contribution in [0, 0.1) is 0 Å². The van der Waals surface area contributed by atoms with Crippen molar-refractivity contribution in [2.45, 2.75) is 25.4 Å². The molecule has 2 saturated heterocycles. The summed E-state index contributed by atoms with van der Waals surface area (Å²) < 4.78 is 22.9. The number of likely N-dealkylation sites (N-methyl/N-ethyl adjacent to an activating group) is 1. The Morgan fingerprint density at radius 2 is 2.11 bits per heavy atom. The summed E-state index contributed by atoms with van der Waals surface area (Å²) in [4.78, 5) is 15.8. The van der Waals surface area contributed by atoms with Crippen LogP contribution in [0.25, 0.3) is 0 Å². The number of carbonyl (C=O) groups excluding carboxylic acids is 1. The van der Waals surface area contributed by atoms with Gasteiger partial charge in [0.05, 0.1) is 18.1 Å². The van der Waals surface area contributed by atoms with Crippen LogP contribution in [-0.2, 0) is 14.6 Å². The van der Waals surface area contributed by atoms with E-state index < -0.39 is 9.84 Å². The van der Waals surface area contributed by atoms with Gasteiger partial charge >= 0.3 is 0 Å². The highest BCUT2D eigenvalue weighted by atomic mass is 32.2. The number of carbonyl (C=O) groups is 1. The molecule has 2 N–H and O–H groups in total. The van der Waals surface area contributed by atoms with Crippen LogP contribution in [0.4, 0.5) is 0 Å². The predicted molar refractivity (Wildman–Crippen MR) is 68.9 cm³/mol. The Labute approximate surface area is 108 Å². The Hall–Kier alpha value is -0.660. The van der Waals surface area contributed by atoms with E-state index in [-0.39, 0.29) is 29.5 Å². The van der Waals surface area contributed by atoms with Crippen LogP contribution in [0.15, 0.2) is 0 Å². The summed E-state index contributed by atoms with van der Waals surface area (Å²) in [7, 11) is -2.94. The van der Waals surface area contributed by atoms with Crippen molar-refractivity contribution < 1.29 is 13.2 Å². The molecule has 0 saturated carbocycles. The second-order valence-electron chi connectivity index (χ2n) is 5.19. The van der Waals surface area contributed by atoms with Crippen molar-refractivity contribution in [1.29, 1.82) is 0 Å². The van der Waals surface area contributed by atoms with Crippen LogP contribution in [0.2, 0.25) is 0 Å². The number of sulfone groups is 1. The zero-order valence-corrected chi connectivity index (χ0v) is 11.5. The van der Waals surface area contributed by atoms with Gasteiger partial charge in [-0.1, -0.05) is 0 Å². The molecule has 1 amide bonds. The van der Waals surface area contributed by atoms with Gasteiger partial charge in [0.2, 0.25) is 5.91 Å². The summed E-state index contributed by atoms with van der Waals surface area (Å²) in [6, 6.07) is 0.0437. The normalized spacial score (nSPS) is 28.0. The van der Waals surface area contributed by atoms with Crippen LogP contribution in [0.1, 0.15) is 13.3 Å². The van der Waals surface area contributed by atoms with E-state index in [0.717, 1.165) is 13.1 Å². The summed E-state index contributed by atoms with van der Waals surface area (Å²) in [6.07, 6.45) is 0.571. The Morgan fingerprint density at radius 3 is 2.56 bits per heavy atom. The van der Waals surface area contributed by atoms with Crippen LogP contribution in [0.5, 0.6) is 0 Å². The highest BCUT2D eigenvalue weighted by Gasteiger charge is 2.35. The van der Waals surface area contributed by atoms with E-state index in [1.54, 1.807) is 4.90 Å². The first-order valence-electron chi connectivity index (χ1n) is 6.39. The number of rotatable bonds is 4. The number of hydrogen-bond acceptors (Lipinski definition) is 5. The van der Waals surface area contributed by atoms with Gasteiger partial charge in [0.1, 0.15) is 0 Å². The van der Waals surface area contributed by atoms with Crippen LogP contribution in [0.3, 0.4) is 0 Å². The largest absolute Gasteiger partial charge is 0.338 e. The van der Waals surface area contributed by atoms with Crippen LogP contribution >= 0.6 is 0 Å². The van der Waals surface area contributed by atoms with E-state index in [1.807, 2.05) is 11.8 Å². The molecule has 7 heteroatoms. The third-order valence-electron chi connectivity index (χ3n) is 3.65. The van der Waals surface area contributed by atoms with E-state index in [4.69, 9.17) is 5.73 Å². The second-order valence-corrected chi connectivity index (χ2v) is 7.42. The molecule has 0 spiro atoms. The van der Waals surface area contributed by atoms with Gasteiger partial charge in [-0.25, -0.2) is 8.42 Å². The summed E-state index contributed by atoms with van der Waals surface area (Å²) in [5.41, 5.74) is 5.67. The molecule has 1 atom stereocenters. The summed E-state index contributed by atoms with van der Waals surface area (Å²) in [6.45, 7) is 4.33. The smallest absolute Gasteiger partial charge is 0.237 e. The third-order valence-corrected chi connectivity index (χ3v) is 5.40. The van der Waals surface area contributed by atoms with Crippen molar-refractivity contribution in [2.75, 3.05) is 37.7 Å². The van der Waals surface area contributed by atoms with E-state index in [1.165, 1.54) is 0 Å². The molecular weight excluding hydrogens is 254 g/mol. The molecule has 1 unspecified atom stereocenters. The van der Waals surface area contributed by atoms with Crippen LogP contribution < -0.4 is 5.73 Å². The molecule has 0 aromatic carbocycles. The molecule has 18 heavy (non-hydrogen) atoms. The van der Waals surface area contributed by atoms with Gasteiger partial charge in [-0.05, 0) is 13.3 Å². The van der Waals surface area contributed by atoms with Gasteiger partial charge in [0.15, 0.2) is 9.84 Å². The summed E-state index contributed by atoms with van der Waals surface area (Å²) in [5.74, 6) is 0.341. The number of nitrogens with zero attached hydrogens (tertiary/aromatic N) is 2. The SMILES string of the molecule is CCN(C(=O)CN1CC(N)C1)C1CCS(=O)(=O)C1. The minimum atomic E-state index is -2.94. The molecule has 0 bridgehead atoms. The lowest BCUT2D eigenvalue weighted by Gasteiger charge is -2.38. The number of hydrogen-bond donors (Lipinski definition) is 1. The molecule has 2 rings (SSSR count). The van der Waals surface area contributed by atoms with Crippen molar-refractivity contribution in [1.82, 2.24) is 9.80 Å². The van der Waals surface area contributed by atoms with Crippen molar-refractivity contribution in [3.8, 4) is 0 Å². The van der Waals surface area contributed by atoms with Gasteiger partial charge in [-0.3, -0.25) is 9.69 Å². The van der Waals surface area contributed by atoms with Crippen molar-refractivity contribution in [3.63, 3.8) is 0 Å². The van der Waals surface area contributed by atoms with Crippen molar-refractivity contribution >= 4 is 15.7 Å². The van der Waals surface area contributed by atoms with E-state index >= 15 is 0 Å². The number of nitrogens with two attached hydrogens (primary N) is 1. The lowest BCUT2D eigenvalue weighted by molar-refractivity contribution is -0.135. The van der Waals surface area contributed by atoms with E-state index in [2.05, 4.69) is 0 Å². The Morgan fingerprint density at radius 1 is 1.44 bits per heavy atom. The minimum absolute atomic E-state index is 0.0199. The fraction of sp³-hybridized carbons (Fsp3) is 0.909. The fourth-order valence-electron chi connectivity index (χ4n) is 2.68. The number of amides is 1. The molecule has 2 heterocycles. The summed E-state index contributed by atoms with van der Waals surface area (Å²) >= 11 is 0. The Balaban J connectivity index is 1.90. The molecule has 2 fully saturated rings. The molecular formula is C11H21N3O3S. The second kappa shape index (κ2) is 5.14.